The van der Waals surface area contributed by atoms with Gasteiger partial charge in [-0.3, -0.25) is 0 Å². The van der Waals surface area contributed by atoms with Crippen molar-refractivity contribution in [1.82, 2.24) is 25.4 Å². The summed E-state index contributed by atoms with van der Waals surface area (Å²) in [6.45, 7) is 2.89. The SMILES string of the molecule is CCc1nc2n(n1)CCC[C@@H]2NC(=O)N[C@@H]1CCc2c(O)cccc21. The molecule has 3 N–H and O–H groups in total. The fraction of sp³-hybridized carbons (Fsp3) is 0.500. The van der Waals surface area contributed by atoms with Gasteiger partial charge in [0.05, 0.1) is 12.1 Å². The molecule has 1 aromatic carbocycles. The number of aromatic hydroxyl groups is 1. The lowest BCUT2D eigenvalue weighted by Gasteiger charge is -2.24. The predicted octanol–water partition coefficient (Wildman–Crippen LogP) is 2.37. The van der Waals surface area contributed by atoms with Gasteiger partial charge in [-0.15, -0.1) is 0 Å². The molecule has 0 radical (unpaired) electrons. The van der Waals surface area contributed by atoms with Crippen LogP contribution in [0.2, 0.25) is 0 Å². The van der Waals surface area contributed by atoms with E-state index in [1.165, 1.54) is 0 Å². The van der Waals surface area contributed by atoms with Crippen LogP contribution in [-0.4, -0.2) is 25.9 Å². The van der Waals surface area contributed by atoms with Crippen molar-refractivity contribution in [3.8, 4) is 5.75 Å². The first-order valence-corrected chi connectivity index (χ1v) is 8.97. The highest BCUT2D eigenvalue weighted by molar-refractivity contribution is 5.75. The molecule has 0 fully saturated rings. The van der Waals surface area contributed by atoms with Crippen LogP contribution in [0.1, 0.15) is 61.0 Å². The third kappa shape index (κ3) is 2.94. The summed E-state index contributed by atoms with van der Waals surface area (Å²) in [4.78, 5) is 17.1. The predicted molar refractivity (Wildman–Crippen MR) is 92.2 cm³/mol. The van der Waals surface area contributed by atoms with Gasteiger partial charge in [-0.05, 0) is 42.9 Å². The van der Waals surface area contributed by atoms with Gasteiger partial charge in [0.25, 0.3) is 0 Å². The molecule has 1 aliphatic carbocycles. The second kappa shape index (κ2) is 6.38. The van der Waals surface area contributed by atoms with E-state index in [0.717, 1.165) is 61.4 Å². The zero-order valence-electron chi connectivity index (χ0n) is 14.3. The zero-order chi connectivity index (χ0) is 17.4. The number of fused-ring (bicyclic) bond motifs is 2. The van der Waals surface area contributed by atoms with Crippen LogP contribution in [0.15, 0.2) is 18.2 Å². The number of carbonyl (C=O) groups is 1. The summed E-state index contributed by atoms with van der Waals surface area (Å²) in [5.74, 6) is 1.99. The largest absolute Gasteiger partial charge is 0.508 e. The molecule has 0 spiro atoms. The number of phenolic OH excluding ortho intramolecular Hbond substituents is 1. The third-order valence-electron chi connectivity index (χ3n) is 5.09. The number of carbonyl (C=O) groups excluding carboxylic acids is 1. The van der Waals surface area contributed by atoms with Crippen molar-refractivity contribution in [1.29, 1.82) is 0 Å². The number of hydrogen-bond donors (Lipinski definition) is 3. The topological polar surface area (TPSA) is 92.1 Å². The van der Waals surface area contributed by atoms with Crippen LogP contribution in [0.25, 0.3) is 0 Å². The van der Waals surface area contributed by atoms with E-state index in [9.17, 15) is 9.90 Å². The molecule has 2 aliphatic rings. The number of phenols is 1. The van der Waals surface area contributed by atoms with E-state index in [1.807, 2.05) is 23.7 Å². The molecule has 0 unspecified atom stereocenters. The van der Waals surface area contributed by atoms with Crippen LogP contribution in [0.4, 0.5) is 4.79 Å². The Morgan fingerprint density at radius 2 is 2.16 bits per heavy atom. The van der Waals surface area contributed by atoms with E-state index < -0.39 is 0 Å². The van der Waals surface area contributed by atoms with Gasteiger partial charge in [-0.2, -0.15) is 5.10 Å². The van der Waals surface area contributed by atoms with Crippen LogP contribution in [0.5, 0.6) is 5.75 Å². The smallest absolute Gasteiger partial charge is 0.315 e. The number of hydrogen-bond acceptors (Lipinski definition) is 4. The number of urea groups is 1. The van der Waals surface area contributed by atoms with Gasteiger partial charge >= 0.3 is 6.03 Å². The van der Waals surface area contributed by atoms with Crippen LogP contribution in [0.3, 0.4) is 0 Å². The maximum Gasteiger partial charge on any atom is 0.315 e. The van der Waals surface area contributed by atoms with Crippen molar-refractivity contribution in [3.63, 3.8) is 0 Å². The van der Waals surface area contributed by atoms with Gasteiger partial charge in [0, 0.05) is 13.0 Å². The van der Waals surface area contributed by atoms with E-state index in [1.54, 1.807) is 6.07 Å². The highest BCUT2D eigenvalue weighted by atomic mass is 16.3. The van der Waals surface area contributed by atoms with E-state index in [2.05, 4.69) is 20.7 Å². The normalized spacial score (nSPS) is 21.5. The Labute approximate surface area is 146 Å². The summed E-state index contributed by atoms with van der Waals surface area (Å²) in [6, 6.07) is 5.13. The minimum absolute atomic E-state index is 0.0604. The quantitative estimate of drug-likeness (QED) is 0.799. The number of amides is 2. The maximum atomic E-state index is 12.5. The molecular formula is C18H23N5O2. The third-order valence-corrected chi connectivity index (χ3v) is 5.09. The first kappa shape index (κ1) is 15.9. The Balaban J connectivity index is 1.45. The summed E-state index contributed by atoms with van der Waals surface area (Å²) in [6.07, 6.45) is 4.23. The Morgan fingerprint density at radius 1 is 1.32 bits per heavy atom. The monoisotopic (exact) mass is 341 g/mol. The molecule has 1 aromatic heterocycles. The second-order valence-electron chi connectivity index (χ2n) is 6.71. The maximum absolute atomic E-state index is 12.5. The highest BCUT2D eigenvalue weighted by Gasteiger charge is 2.29. The summed E-state index contributed by atoms with van der Waals surface area (Å²) in [7, 11) is 0. The van der Waals surface area contributed by atoms with E-state index in [0.29, 0.717) is 5.75 Å². The lowest BCUT2D eigenvalue weighted by molar-refractivity contribution is 0.229. The molecule has 7 nitrogen and oxygen atoms in total. The molecule has 25 heavy (non-hydrogen) atoms. The van der Waals surface area contributed by atoms with Gasteiger partial charge in [0.2, 0.25) is 0 Å². The molecule has 2 aromatic rings. The van der Waals surface area contributed by atoms with Gasteiger partial charge in [-0.25, -0.2) is 14.5 Å². The number of rotatable bonds is 3. The first-order valence-electron chi connectivity index (χ1n) is 8.97. The van der Waals surface area contributed by atoms with E-state index in [4.69, 9.17) is 0 Å². The van der Waals surface area contributed by atoms with Crippen molar-refractivity contribution in [3.05, 3.63) is 41.0 Å². The molecule has 2 amide bonds. The van der Waals surface area contributed by atoms with Crippen LogP contribution in [0, 0.1) is 0 Å². The number of nitrogens with zero attached hydrogens (tertiary/aromatic N) is 3. The lowest BCUT2D eigenvalue weighted by atomic mass is 10.1. The van der Waals surface area contributed by atoms with Crippen molar-refractivity contribution in [2.75, 3.05) is 0 Å². The van der Waals surface area contributed by atoms with Crippen LogP contribution in [-0.2, 0) is 19.4 Å². The van der Waals surface area contributed by atoms with E-state index >= 15 is 0 Å². The van der Waals surface area contributed by atoms with Crippen LogP contribution < -0.4 is 10.6 Å². The van der Waals surface area contributed by atoms with E-state index in [-0.39, 0.29) is 18.1 Å². The summed E-state index contributed by atoms with van der Waals surface area (Å²) in [5.41, 5.74) is 1.95. The standard InChI is InChI=1S/C18H23N5O2/c1-2-16-21-17-14(6-4-10-23(17)22-16)20-18(25)19-13-9-8-12-11(13)5-3-7-15(12)24/h3,5,7,13-14,24H,2,4,6,8-10H2,1H3,(H2,19,20,25)/t13-,14+/m1/s1. The first-order chi connectivity index (χ1) is 12.2. The summed E-state index contributed by atoms with van der Waals surface area (Å²) in [5, 5.41) is 20.5. The average molecular weight is 341 g/mol. The van der Waals surface area contributed by atoms with Gasteiger partial charge < -0.3 is 15.7 Å². The zero-order valence-corrected chi connectivity index (χ0v) is 14.3. The minimum atomic E-state index is -0.194. The van der Waals surface area contributed by atoms with Gasteiger partial charge in [0.15, 0.2) is 5.82 Å². The molecule has 0 saturated carbocycles. The molecule has 2 atom stereocenters. The van der Waals surface area contributed by atoms with Gasteiger partial charge in [-0.1, -0.05) is 19.1 Å². The molecule has 7 heteroatoms. The molecular weight excluding hydrogens is 318 g/mol. The Hall–Kier alpha value is -2.57. The van der Waals surface area contributed by atoms with Gasteiger partial charge in [0.1, 0.15) is 11.6 Å². The Bertz CT molecular complexity index is 801. The average Bonchev–Trinajstić information content (AvgIpc) is 3.20. The van der Waals surface area contributed by atoms with Crippen molar-refractivity contribution >= 4 is 6.03 Å². The summed E-state index contributed by atoms with van der Waals surface area (Å²) >= 11 is 0. The number of nitrogens with one attached hydrogen (secondary N) is 2. The molecule has 2 heterocycles. The molecule has 1 aliphatic heterocycles. The lowest BCUT2D eigenvalue weighted by Crippen LogP contribution is -2.41. The number of aryl methyl sites for hydroxylation is 2. The number of aromatic nitrogens is 3. The molecule has 132 valence electrons. The molecule has 0 saturated heterocycles. The van der Waals surface area contributed by atoms with Crippen molar-refractivity contribution in [2.45, 2.75) is 57.7 Å². The fourth-order valence-corrected chi connectivity index (χ4v) is 3.83. The Kier molecular flexibility index (Phi) is 4.07. The second-order valence-corrected chi connectivity index (χ2v) is 6.71. The van der Waals surface area contributed by atoms with Crippen molar-refractivity contribution < 1.29 is 9.90 Å². The summed E-state index contributed by atoms with van der Waals surface area (Å²) < 4.78 is 1.91. The Morgan fingerprint density at radius 3 is 3.00 bits per heavy atom. The molecule has 4 rings (SSSR count). The van der Waals surface area contributed by atoms with Crippen LogP contribution >= 0.6 is 0 Å². The molecule has 0 bridgehead atoms. The van der Waals surface area contributed by atoms with Crippen molar-refractivity contribution in [2.24, 2.45) is 0 Å². The number of benzene rings is 1. The fourth-order valence-electron chi connectivity index (χ4n) is 3.83. The highest BCUT2D eigenvalue weighted by Crippen LogP contribution is 2.36. The minimum Gasteiger partial charge on any atom is -0.508 e.